The first-order valence-electron chi connectivity index (χ1n) is 14.5. The lowest BCUT2D eigenvalue weighted by Gasteiger charge is -2.38. The van der Waals surface area contributed by atoms with E-state index in [4.69, 9.17) is 9.97 Å². The van der Waals surface area contributed by atoms with Gasteiger partial charge in [-0.2, -0.15) is 4.98 Å². The average molecular weight is 552 g/mol. The normalized spacial score (nSPS) is 22.1. The van der Waals surface area contributed by atoms with Crippen molar-refractivity contribution in [3.63, 3.8) is 0 Å². The van der Waals surface area contributed by atoms with E-state index in [1.54, 1.807) is 21.6 Å². The maximum absolute atomic E-state index is 13.5. The fourth-order valence-electron chi connectivity index (χ4n) is 7.41. The molecule has 7 rings (SSSR count). The Bertz CT molecular complexity index is 1780. The molecule has 1 saturated carbocycles. The zero-order valence-corrected chi connectivity index (χ0v) is 24.2. The highest BCUT2D eigenvalue weighted by atomic mass is 16.3. The van der Waals surface area contributed by atoms with Gasteiger partial charge in [0.05, 0.1) is 12.2 Å². The topological polar surface area (TPSA) is 101 Å². The zero-order valence-electron chi connectivity index (χ0n) is 24.2. The quantitative estimate of drug-likeness (QED) is 0.339. The lowest BCUT2D eigenvalue weighted by atomic mass is 9.78. The molecule has 0 radical (unpaired) electrons. The van der Waals surface area contributed by atoms with Crippen LogP contribution in [0, 0.1) is 5.41 Å². The molecule has 1 fully saturated rings. The van der Waals surface area contributed by atoms with Crippen LogP contribution in [0.5, 0.6) is 0 Å². The molecule has 3 aromatic heterocycles. The Balaban J connectivity index is 1.33. The first-order chi connectivity index (χ1) is 19.6. The lowest BCUT2D eigenvalue weighted by molar-refractivity contribution is -0.0324. The van der Waals surface area contributed by atoms with Crippen LogP contribution < -0.4 is 10.9 Å². The van der Waals surface area contributed by atoms with E-state index in [2.05, 4.69) is 60.9 Å². The number of benzene rings is 1. The minimum Gasteiger partial charge on any atom is -0.383 e. The van der Waals surface area contributed by atoms with Crippen molar-refractivity contribution in [1.82, 2.24) is 29.2 Å². The van der Waals surface area contributed by atoms with Gasteiger partial charge in [0, 0.05) is 35.8 Å². The Morgan fingerprint density at radius 3 is 2.66 bits per heavy atom. The van der Waals surface area contributed by atoms with E-state index in [0.29, 0.717) is 29.2 Å². The molecule has 4 aromatic rings. The van der Waals surface area contributed by atoms with E-state index in [-0.39, 0.29) is 22.9 Å². The second-order valence-corrected chi connectivity index (χ2v) is 12.8. The monoisotopic (exact) mass is 551 g/mol. The maximum atomic E-state index is 13.5. The van der Waals surface area contributed by atoms with Crippen LogP contribution in [0.3, 0.4) is 0 Å². The smallest absolute Gasteiger partial charge is 0.278 e. The molecule has 1 spiro atoms. The number of allylic oxidation sites excluding steroid dienone is 1. The van der Waals surface area contributed by atoms with Crippen LogP contribution in [0.4, 0.5) is 11.6 Å². The Labute approximate surface area is 239 Å². The van der Waals surface area contributed by atoms with E-state index in [1.807, 2.05) is 19.1 Å². The molecule has 1 atom stereocenters. The summed E-state index contributed by atoms with van der Waals surface area (Å²) in [7, 11) is 2.15. The van der Waals surface area contributed by atoms with Crippen LogP contribution in [-0.4, -0.2) is 47.9 Å². The second kappa shape index (κ2) is 8.84. The van der Waals surface area contributed by atoms with Gasteiger partial charge >= 0.3 is 0 Å². The van der Waals surface area contributed by atoms with Gasteiger partial charge < -0.3 is 15.3 Å². The SMILES string of the molecule is C=CCn1c(=O)c2cnc(Nc3ccc4c(c3)C(C)(C)CN(C)C4)nc2n1-c1ccc2c(n1)C(O)(CC)C1(CC1)C2. The van der Waals surface area contributed by atoms with Crippen molar-refractivity contribution in [1.29, 1.82) is 0 Å². The number of likely N-dealkylation sites (N-methyl/N-ethyl adjacent to an activating group) is 1. The minimum atomic E-state index is -0.957. The van der Waals surface area contributed by atoms with E-state index in [0.717, 1.165) is 49.3 Å². The summed E-state index contributed by atoms with van der Waals surface area (Å²) in [6, 6.07) is 10.4. The summed E-state index contributed by atoms with van der Waals surface area (Å²) in [6.45, 7) is 12.6. The number of hydrogen-bond acceptors (Lipinski definition) is 7. The summed E-state index contributed by atoms with van der Waals surface area (Å²) in [6.07, 6.45) is 6.73. The van der Waals surface area contributed by atoms with Crippen molar-refractivity contribution in [3.05, 3.63) is 81.9 Å². The van der Waals surface area contributed by atoms with E-state index >= 15 is 0 Å². The van der Waals surface area contributed by atoms with Crippen molar-refractivity contribution in [2.45, 2.75) is 70.6 Å². The third-order valence-electron chi connectivity index (χ3n) is 9.52. The van der Waals surface area contributed by atoms with Crippen LogP contribution in [0.25, 0.3) is 16.9 Å². The molecule has 2 N–H and O–H groups in total. The summed E-state index contributed by atoms with van der Waals surface area (Å²) in [4.78, 5) is 30.2. The number of fused-ring (bicyclic) bond motifs is 3. The maximum Gasteiger partial charge on any atom is 0.278 e. The van der Waals surface area contributed by atoms with Crippen molar-refractivity contribution < 1.29 is 5.11 Å². The minimum absolute atomic E-state index is 0.0198. The summed E-state index contributed by atoms with van der Waals surface area (Å²) < 4.78 is 3.32. The van der Waals surface area contributed by atoms with Gasteiger partial charge in [0.2, 0.25) is 5.95 Å². The van der Waals surface area contributed by atoms with Gasteiger partial charge in [0.25, 0.3) is 5.56 Å². The lowest BCUT2D eigenvalue weighted by Crippen LogP contribution is -2.39. The number of aromatic nitrogens is 5. The van der Waals surface area contributed by atoms with E-state index in [1.165, 1.54) is 11.1 Å². The van der Waals surface area contributed by atoms with Gasteiger partial charge in [0.1, 0.15) is 11.0 Å². The summed E-state index contributed by atoms with van der Waals surface area (Å²) >= 11 is 0. The molecule has 1 aromatic carbocycles. The molecule has 0 saturated heterocycles. The Morgan fingerprint density at radius 1 is 1.15 bits per heavy atom. The first kappa shape index (κ1) is 26.1. The molecular weight excluding hydrogens is 514 g/mol. The summed E-state index contributed by atoms with van der Waals surface area (Å²) in [5.74, 6) is 0.947. The van der Waals surface area contributed by atoms with Gasteiger partial charge in [-0.15, -0.1) is 6.58 Å². The van der Waals surface area contributed by atoms with Crippen LogP contribution in [-0.2, 0) is 30.5 Å². The van der Waals surface area contributed by atoms with Crippen LogP contribution in [0.15, 0.2) is 54.0 Å². The Morgan fingerprint density at radius 2 is 1.93 bits per heavy atom. The highest BCUT2D eigenvalue weighted by Gasteiger charge is 2.63. The number of nitrogens with one attached hydrogen (secondary N) is 1. The standard InChI is InChI=1S/C32H37N7O2/c1-6-14-38-28(40)23-17-33-29(34-22-10-8-21-18-37(5)19-30(3,4)24(21)15-22)36-27(23)39(38)25-11-9-20-16-31(12-13-31)32(41,7-2)26(20)35-25/h6,8-11,15,17,41H,1,7,12-14,16,18-19H2,2-5H3,(H,33,34,36). The number of rotatable bonds is 6. The molecule has 4 heterocycles. The first-order valence-corrected chi connectivity index (χ1v) is 14.5. The van der Waals surface area contributed by atoms with Crippen molar-refractivity contribution >= 4 is 22.7 Å². The van der Waals surface area contributed by atoms with Crippen LogP contribution in [0.1, 0.15) is 62.4 Å². The predicted octanol–water partition coefficient (Wildman–Crippen LogP) is 4.56. The van der Waals surface area contributed by atoms with Crippen LogP contribution >= 0.6 is 0 Å². The van der Waals surface area contributed by atoms with Crippen molar-refractivity contribution in [2.75, 3.05) is 18.9 Å². The largest absolute Gasteiger partial charge is 0.383 e. The summed E-state index contributed by atoms with van der Waals surface area (Å²) in [5, 5.41) is 15.5. The predicted molar refractivity (Wildman–Crippen MR) is 160 cm³/mol. The fourth-order valence-corrected chi connectivity index (χ4v) is 7.41. The molecule has 212 valence electrons. The number of hydrogen-bond donors (Lipinski definition) is 2. The molecule has 41 heavy (non-hydrogen) atoms. The van der Waals surface area contributed by atoms with Crippen LogP contribution in [0.2, 0.25) is 0 Å². The molecule has 1 unspecified atom stereocenters. The molecule has 0 amide bonds. The zero-order chi connectivity index (χ0) is 28.7. The highest BCUT2D eigenvalue weighted by Crippen LogP contribution is 2.65. The van der Waals surface area contributed by atoms with E-state index < -0.39 is 5.60 Å². The van der Waals surface area contributed by atoms with E-state index in [9.17, 15) is 9.90 Å². The third kappa shape index (κ3) is 3.82. The van der Waals surface area contributed by atoms with Gasteiger partial charge in [-0.3, -0.25) is 4.79 Å². The molecule has 3 aliphatic rings. The third-order valence-corrected chi connectivity index (χ3v) is 9.52. The number of pyridine rings is 1. The molecule has 2 aliphatic carbocycles. The number of anilines is 2. The van der Waals surface area contributed by atoms with Gasteiger partial charge in [-0.05, 0) is 67.6 Å². The molecule has 0 bridgehead atoms. The number of nitrogens with zero attached hydrogens (tertiary/aromatic N) is 6. The molecular formula is C32H37N7O2. The van der Waals surface area contributed by atoms with Gasteiger partial charge in [-0.1, -0.05) is 39.0 Å². The Kier molecular flexibility index (Phi) is 5.63. The van der Waals surface area contributed by atoms with Gasteiger partial charge in [0.15, 0.2) is 11.5 Å². The molecule has 9 nitrogen and oxygen atoms in total. The average Bonchev–Trinajstić information content (AvgIpc) is 3.62. The van der Waals surface area contributed by atoms with Crippen molar-refractivity contribution in [2.24, 2.45) is 5.41 Å². The highest BCUT2D eigenvalue weighted by molar-refractivity contribution is 5.77. The fraction of sp³-hybridized carbons (Fsp3) is 0.438. The van der Waals surface area contributed by atoms with Gasteiger partial charge in [-0.25, -0.2) is 19.3 Å². The Hall–Kier alpha value is -3.82. The second-order valence-electron chi connectivity index (χ2n) is 12.8. The number of aliphatic hydroxyl groups is 1. The summed E-state index contributed by atoms with van der Waals surface area (Å²) in [5.41, 5.74) is 4.56. The van der Waals surface area contributed by atoms with Crippen molar-refractivity contribution in [3.8, 4) is 5.82 Å². The molecule has 9 heteroatoms. The molecule has 1 aliphatic heterocycles.